The van der Waals surface area contributed by atoms with E-state index in [1.54, 1.807) is 6.20 Å². The molecule has 236 valence electrons. The Morgan fingerprint density at radius 3 is 1.88 bits per heavy atom. The van der Waals surface area contributed by atoms with Gasteiger partial charge < -0.3 is 24.8 Å². The lowest BCUT2D eigenvalue weighted by molar-refractivity contribution is -0.193. The minimum atomic E-state index is -5.08. The highest BCUT2D eigenvalue weighted by Gasteiger charge is 2.39. The molecule has 1 aromatic carbocycles. The van der Waals surface area contributed by atoms with E-state index in [4.69, 9.17) is 24.8 Å². The summed E-state index contributed by atoms with van der Waals surface area (Å²) in [5.74, 6) is -4.08. The van der Waals surface area contributed by atoms with Crippen LogP contribution in [0.3, 0.4) is 0 Å². The van der Waals surface area contributed by atoms with E-state index in [0.717, 1.165) is 29.7 Å². The number of halogens is 6. The molecule has 1 atom stereocenters. The quantitative estimate of drug-likeness (QED) is 0.345. The van der Waals surface area contributed by atoms with Crippen molar-refractivity contribution in [3.05, 3.63) is 60.2 Å². The number of carbonyl (C=O) groups is 3. The summed E-state index contributed by atoms with van der Waals surface area (Å²) in [5.41, 5.74) is 2.65. The van der Waals surface area contributed by atoms with Gasteiger partial charge in [-0.2, -0.15) is 26.3 Å². The Kier molecular flexibility index (Phi) is 12.0. The van der Waals surface area contributed by atoms with Gasteiger partial charge in [0.1, 0.15) is 12.4 Å². The van der Waals surface area contributed by atoms with E-state index in [0.29, 0.717) is 25.3 Å². The molecule has 0 spiro atoms. The second kappa shape index (κ2) is 14.8. The Morgan fingerprint density at radius 2 is 1.42 bits per heavy atom. The molecule has 1 amide bonds. The highest BCUT2D eigenvalue weighted by Crippen LogP contribution is 2.30. The standard InChI is InChI=1S/C23H28N4O2.2C2HF3O2/c1-16(2)23-25-18-7-3-4-9-20(18)27(23)15-21(28)26-13-10-17(11-14-26)22(29)19-8-5-6-12-24-19;2*3-2(4,5)1(6)7/h3-9,12,16-17,22,29H,10-11,13-15H2,1-2H3;2*(H,6,7). The van der Waals surface area contributed by atoms with Gasteiger partial charge in [-0.15, -0.1) is 0 Å². The SMILES string of the molecule is CC(C)c1nc2ccccc2n1CC(=O)N1CCC(C(O)c2ccccn2)CC1.O=C(O)C(F)(F)F.O=C(O)C(F)(F)F. The van der Waals surface area contributed by atoms with Gasteiger partial charge in [-0.3, -0.25) is 9.78 Å². The number of aliphatic hydroxyl groups excluding tert-OH is 1. The Morgan fingerprint density at radius 1 is 0.907 bits per heavy atom. The Balaban J connectivity index is 0.000000384. The average molecular weight is 621 g/mol. The van der Waals surface area contributed by atoms with Crippen molar-refractivity contribution in [1.29, 1.82) is 0 Å². The zero-order valence-electron chi connectivity index (χ0n) is 23.0. The maximum Gasteiger partial charge on any atom is 0.490 e. The van der Waals surface area contributed by atoms with Gasteiger partial charge in [0.25, 0.3) is 0 Å². The summed E-state index contributed by atoms with van der Waals surface area (Å²) in [6.45, 7) is 5.84. The van der Waals surface area contributed by atoms with E-state index in [-0.39, 0.29) is 17.7 Å². The average Bonchev–Trinajstić information content (AvgIpc) is 3.31. The van der Waals surface area contributed by atoms with E-state index in [2.05, 4.69) is 23.4 Å². The zero-order valence-corrected chi connectivity index (χ0v) is 23.0. The zero-order chi connectivity index (χ0) is 32.5. The molecule has 3 aromatic rings. The predicted molar refractivity (Wildman–Crippen MR) is 140 cm³/mol. The number of nitrogens with zero attached hydrogens (tertiary/aromatic N) is 4. The summed E-state index contributed by atoms with van der Waals surface area (Å²) in [6.07, 6.45) is -7.46. The first-order chi connectivity index (χ1) is 19.9. The lowest BCUT2D eigenvalue weighted by atomic mass is 9.89. The number of aromatic nitrogens is 3. The van der Waals surface area contributed by atoms with Gasteiger partial charge in [0.15, 0.2) is 0 Å². The summed E-state index contributed by atoms with van der Waals surface area (Å²) in [6, 6.07) is 13.6. The molecule has 0 radical (unpaired) electrons. The van der Waals surface area contributed by atoms with Crippen molar-refractivity contribution in [2.24, 2.45) is 5.92 Å². The Labute approximate surface area is 241 Å². The Hall–Kier alpha value is -4.21. The number of aliphatic carboxylic acids is 2. The predicted octanol–water partition coefficient (Wildman–Crippen LogP) is 4.79. The van der Waals surface area contributed by atoms with E-state index in [1.165, 1.54) is 0 Å². The third-order valence-corrected chi connectivity index (χ3v) is 6.31. The summed E-state index contributed by atoms with van der Waals surface area (Å²) < 4.78 is 65.5. The van der Waals surface area contributed by atoms with Crippen molar-refractivity contribution < 1.29 is 56.0 Å². The number of amides is 1. The van der Waals surface area contributed by atoms with Crippen molar-refractivity contribution in [2.45, 2.75) is 57.6 Å². The number of carbonyl (C=O) groups excluding carboxylic acids is 1. The maximum absolute atomic E-state index is 13.0. The summed E-state index contributed by atoms with van der Waals surface area (Å²) in [7, 11) is 0. The number of fused-ring (bicyclic) bond motifs is 1. The summed E-state index contributed by atoms with van der Waals surface area (Å²) in [5, 5.41) is 24.9. The van der Waals surface area contributed by atoms with E-state index >= 15 is 0 Å². The molecule has 2 aromatic heterocycles. The molecule has 0 saturated carbocycles. The van der Waals surface area contributed by atoms with Crippen LogP contribution in [0.4, 0.5) is 26.3 Å². The summed E-state index contributed by atoms with van der Waals surface area (Å²) >= 11 is 0. The smallest absolute Gasteiger partial charge is 0.475 e. The van der Waals surface area contributed by atoms with Crippen LogP contribution in [0.25, 0.3) is 11.0 Å². The van der Waals surface area contributed by atoms with Crippen LogP contribution in [0.15, 0.2) is 48.7 Å². The number of alkyl halides is 6. The fourth-order valence-electron chi connectivity index (χ4n) is 4.19. The van der Waals surface area contributed by atoms with Crippen molar-refractivity contribution in [3.8, 4) is 0 Å². The highest BCUT2D eigenvalue weighted by atomic mass is 19.4. The van der Waals surface area contributed by atoms with Gasteiger partial charge in [0.05, 0.1) is 22.8 Å². The third kappa shape index (κ3) is 10.2. The lowest BCUT2D eigenvalue weighted by Crippen LogP contribution is -2.41. The first-order valence-corrected chi connectivity index (χ1v) is 12.9. The van der Waals surface area contributed by atoms with E-state index < -0.39 is 30.4 Å². The first kappa shape index (κ1) is 35.0. The number of carboxylic acids is 2. The van der Waals surface area contributed by atoms with Crippen LogP contribution in [-0.4, -0.2) is 78.0 Å². The van der Waals surface area contributed by atoms with Crippen LogP contribution in [0.2, 0.25) is 0 Å². The molecular weight excluding hydrogens is 590 g/mol. The third-order valence-electron chi connectivity index (χ3n) is 6.31. The fraction of sp³-hybridized carbons (Fsp3) is 0.444. The van der Waals surface area contributed by atoms with Crippen LogP contribution in [-0.2, 0) is 20.9 Å². The van der Waals surface area contributed by atoms with Gasteiger partial charge in [-0.1, -0.05) is 32.0 Å². The number of rotatable bonds is 5. The molecule has 3 N–H and O–H groups in total. The normalized spacial score (nSPS) is 14.8. The number of piperidine rings is 1. The number of hydrogen-bond donors (Lipinski definition) is 3. The van der Waals surface area contributed by atoms with Crippen molar-refractivity contribution >= 4 is 28.9 Å². The molecule has 1 aliphatic rings. The van der Waals surface area contributed by atoms with Crippen LogP contribution in [0, 0.1) is 5.92 Å². The van der Waals surface area contributed by atoms with Crippen LogP contribution in [0.5, 0.6) is 0 Å². The molecule has 3 heterocycles. The number of benzene rings is 1. The second-order valence-corrected chi connectivity index (χ2v) is 9.72. The van der Waals surface area contributed by atoms with Crippen LogP contribution < -0.4 is 0 Å². The molecular formula is C27H30F6N4O6. The number of carboxylic acid groups (broad SMARTS) is 2. The van der Waals surface area contributed by atoms with E-state index in [1.807, 2.05) is 47.4 Å². The fourth-order valence-corrected chi connectivity index (χ4v) is 4.19. The van der Waals surface area contributed by atoms with Gasteiger partial charge in [0.2, 0.25) is 5.91 Å². The molecule has 10 nitrogen and oxygen atoms in total. The minimum Gasteiger partial charge on any atom is -0.475 e. The topological polar surface area (TPSA) is 146 Å². The lowest BCUT2D eigenvalue weighted by Gasteiger charge is -2.34. The molecule has 0 bridgehead atoms. The van der Waals surface area contributed by atoms with Gasteiger partial charge >= 0.3 is 24.3 Å². The number of pyridine rings is 1. The molecule has 1 unspecified atom stereocenters. The first-order valence-electron chi connectivity index (χ1n) is 12.9. The molecule has 1 saturated heterocycles. The number of imidazole rings is 1. The number of aliphatic hydroxyl groups is 1. The van der Waals surface area contributed by atoms with E-state index in [9.17, 15) is 36.2 Å². The van der Waals surface area contributed by atoms with Gasteiger partial charge in [-0.25, -0.2) is 14.6 Å². The summed E-state index contributed by atoms with van der Waals surface area (Å²) in [4.78, 5) is 41.7. The maximum atomic E-state index is 13.0. The molecule has 43 heavy (non-hydrogen) atoms. The molecule has 1 aliphatic heterocycles. The molecule has 1 fully saturated rings. The number of para-hydroxylation sites is 2. The molecule has 16 heteroatoms. The van der Waals surface area contributed by atoms with Crippen molar-refractivity contribution in [2.75, 3.05) is 13.1 Å². The minimum absolute atomic E-state index is 0.112. The van der Waals surface area contributed by atoms with Crippen LogP contribution in [0.1, 0.15) is 50.2 Å². The second-order valence-electron chi connectivity index (χ2n) is 9.72. The number of hydrogen-bond acceptors (Lipinski definition) is 6. The van der Waals surface area contributed by atoms with Crippen molar-refractivity contribution in [3.63, 3.8) is 0 Å². The monoisotopic (exact) mass is 620 g/mol. The van der Waals surface area contributed by atoms with Gasteiger partial charge in [0, 0.05) is 25.2 Å². The largest absolute Gasteiger partial charge is 0.490 e. The highest BCUT2D eigenvalue weighted by molar-refractivity contribution is 5.81. The number of likely N-dealkylation sites (tertiary alicyclic amines) is 1. The van der Waals surface area contributed by atoms with Crippen molar-refractivity contribution in [1.82, 2.24) is 19.4 Å². The van der Waals surface area contributed by atoms with Crippen LogP contribution >= 0.6 is 0 Å². The Bertz CT molecular complexity index is 1350. The van der Waals surface area contributed by atoms with Gasteiger partial charge in [-0.05, 0) is 43.0 Å². The molecule has 0 aliphatic carbocycles. The molecule has 4 rings (SSSR count).